The van der Waals surface area contributed by atoms with Crippen LogP contribution in [-0.2, 0) is 0 Å². The lowest BCUT2D eigenvalue weighted by molar-refractivity contribution is 1.29. The van der Waals surface area contributed by atoms with E-state index in [0.717, 1.165) is 22.7 Å². The van der Waals surface area contributed by atoms with Gasteiger partial charge in [-0.05, 0) is 142 Å². The zero-order valence-electron chi connectivity index (χ0n) is 37.5. The molecule has 3 heteroatoms. The van der Waals surface area contributed by atoms with Crippen LogP contribution in [0.2, 0.25) is 13.1 Å². The maximum absolute atomic E-state index is 2.55. The Balaban J connectivity index is 1.03. The van der Waals surface area contributed by atoms with E-state index in [4.69, 9.17) is 0 Å². The summed E-state index contributed by atoms with van der Waals surface area (Å²) in [5, 5.41) is 15.7. The van der Waals surface area contributed by atoms with Crippen LogP contribution in [0, 0.1) is 0 Å². The molecular formula is C64H46N2Si. The number of rotatable bonds is 7. The van der Waals surface area contributed by atoms with Gasteiger partial charge in [-0.3, -0.25) is 0 Å². The Morgan fingerprint density at radius 3 is 1.63 bits per heavy atom. The number of hydrogen-bond acceptors (Lipinski definition) is 2. The molecule has 12 aromatic carbocycles. The highest BCUT2D eigenvalue weighted by molar-refractivity contribution is 7.03. The summed E-state index contributed by atoms with van der Waals surface area (Å²) in [6.45, 7) is 5.10. The van der Waals surface area contributed by atoms with Gasteiger partial charge < -0.3 is 9.80 Å². The average Bonchev–Trinajstić information content (AvgIpc) is 3.39. The molecule has 1 aliphatic rings. The van der Waals surface area contributed by atoms with Crippen molar-refractivity contribution in [2.45, 2.75) is 13.1 Å². The van der Waals surface area contributed by atoms with Gasteiger partial charge in [0, 0.05) is 33.7 Å². The van der Waals surface area contributed by atoms with Crippen molar-refractivity contribution in [1.29, 1.82) is 0 Å². The van der Waals surface area contributed by atoms with Gasteiger partial charge >= 0.3 is 0 Å². The lowest BCUT2D eigenvalue weighted by atomic mass is 9.89. The molecule has 0 saturated heterocycles. The molecule has 0 spiro atoms. The van der Waals surface area contributed by atoms with Crippen LogP contribution in [-0.4, -0.2) is 8.07 Å². The highest BCUT2D eigenvalue weighted by Gasteiger charge is 2.37. The standard InChI is InChI=1S/C64H46N2Si/c1-67(2)62-32-18-30-56-58-42-61(66(47-24-10-5-11-25-47)48-35-37-51-45(39-48)34-33-44-21-12-13-26-50(44)51)54-29-15-14-28-53(54)57(58)41-59(64(56)62)55-38-36-49(40-63(55)67)65(46-22-8-4-9-23-46)60-31-17-16-27-52(60)43-19-6-3-7-20-43/h3-42H,1-2H3. The molecule has 0 atom stereocenters. The molecule has 0 unspecified atom stereocenters. The van der Waals surface area contributed by atoms with Gasteiger partial charge in [-0.2, -0.15) is 0 Å². The van der Waals surface area contributed by atoms with Gasteiger partial charge in [0.05, 0.1) is 11.4 Å². The Bertz CT molecular complexity index is 3900. The fraction of sp³-hybridized carbons (Fsp3) is 0.0312. The summed E-state index contributed by atoms with van der Waals surface area (Å²) in [6.07, 6.45) is 0. The third-order valence-electron chi connectivity index (χ3n) is 14.4. The fourth-order valence-corrected chi connectivity index (χ4v) is 14.3. The molecule has 0 bridgehead atoms. The van der Waals surface area contributed by atoms with Crippen molar-refractivity contribution in [3.05, 3.63) is 243 Å². The molecule has 0 aliphatic carbocycles. The second-order valence-electron chi connectivity index (χ2n) is 18.5. The Kier molecular flexibility index (Phi) is 9.02. The first-order valence-corrected chi connectivity index (χ1v) is 26.3. The second kappa shape index (κ2) is 15.4. The first kappa shape index (κ1) is 39.1. The minimum atomic E-state index is -2.28. The number of anilines is 6. The molecule has 67 heavy (non-hydrogen) atoms. The van der Waals surface area contributed by atoms with Gasteiger partial charge in [0.25, 0.3) is 0 Å². The first-order chi connectivity index (χ1) is 33.0. The molecule has 0 radical (unpaired) electrons. The molecule has 0 N–H and O–H groups in total. The van der Waals surface area contributed by atoms with Crippen LogP contribution < -0.4 is 20.2 Å². The quantitative estimate of drug-likeness (QED) is 0.116. The van der Waals surface area contributed by atoms with Crippen LogP contribution in [0.15, 0.2) is 243 Å². The van der Waals surface area contributed by atoms with E-state index in [0.29, 0.717) is 0 Å². The van der Waals surface area contributed by atoms with E-state index in [9.17, 15) is 0 Å². The van der Waals surface area contributed by atoms with Gasteiger partial charge in [-0.1, -0.05) is 189 Å². The fourth-order valence-electron chi connectivity index (χ4n) is 11.2. The second-order valence-corrected chi connectivity index (χ2v) is 22.8. The lowest BCUT2D eigenvalue weighted by Gasteiger charge is -2.36. The SMILES string of the molecule is C[Si]1(C)c2cc(N(c3ccccc3)c3ccccc3-c3ccccc3)ccc2-c2cc3c4ccccc4c(N(c4ccccc4)c4ccc5c(ccc6ccccc65)c4)cc3c3cccc1c23. The van der Waals surface area contributed by atoms with Crippen molar-refractivity contribution in [2.24, 2.45) is 0 Å². The molecule has 2 nitrogen and oxygen atoms in total. The molecule has 316 valence electrons. The summed E-state index contributed by atoms with van der Waals surface area (Å²) in [5.41, 5.74) is 12.0. The van der Waals surface area contributed by atoms with Gasteiger partial charge in [0.1, 0.15) is 8.07 Å². The molecule has 13 rings (SSSR count). The van der Waals surface area contributed by atoms with Crippen LogP contribution in [0.4, 0.5) is 34.1 Å². The molecule has 1 heterocycles. The lowest BCUT2D eigenvalue weighted by Crippen LogP contribution is -2.56. The van der Waals surface area contributed by atoms with Crippen molar-refractivity contribution in [1.82, 2.24) is 0 Å². The first-order valence-electron chi connectivity index (χ1n) is 23.3. The third kappa shape index (κ3) is 6.23. The summed E-state index contributed by atoms with van der Waals surface area (Å²) in [5.74, 6) is 0. The van der Waals surface area contributed by atoms with Crippen LogP contribution in [0.1, 0.15) is 0 Å². The van der Waals surface area contributed by atoms with Crippen molar-refractivity contribution < 1.29 is 0 Å². The summed E-state index contributed by atoms with van der Waals surface area (Å²) in [7, 11) is -2.28. The highest BCUT2D eigenvalue weighted by atomic mass is 28.3. The van der Waals surface area contributed by atoms with E-state index in [1.165, 1.54) is 97.9 Å². The monoisotopic (exact) mass is 870 g/mol. The van der Waals surface area contributed by atoms with Crippen LogP contribution in [0.3, 0.4) is 0 Å². The summed E-state index contributed by atoms with van der Waals surface area (Å²) in [4.78, 5) is 4.92. The van der Waals surface area contributed by atoms with Crippen molar-refractivity contribution in [3.63, 3.8) is 0 Å². The Hall–Kier alpha value is -8.24. The number of nitrogens with zero attached hydrogens (tertiary/aromatic N) is 2. The zero-order chi connectivity index (χ0) is 44.6. The topological polar surface area (TPSA) is 6.48 Å². The van der Waals surface area contributed by atoms with E-state index in [2.05, 4.69) is 266 Å². The van der Waals surface area contributed by atoms with E-state index >= 15 is 0 Å². The van der Waals surface area contributed by atoms with Crippen LogP contribution >= 0.6 is 0 Å². The minimum absolute atomic E-state index is 1.13. The Morgan fingerprint density at radius 2 is 0.851 bits per heavy atom. The predicted molar refractivity (Wildman–Crippen MR) is 291 cm³/mol. The predicted octanol–water partition coefficient (Wildman–Crippen LogP) is 16.9. The van der Waals surface area contributed by atoms with Crippen LogP contribution in [0.5, 0.6) is 0 Å². The number of hydrogen-bond donors (Lipinski definition) is 0. The van der Waals surface area contributed by atoms with Gasteiger partial charge in [-0.15, -0.1) is 0 Å². The normalized spacial score (nSPS) is 12.7. The molecule has 1 aliphatic heterocycles. The maximum Gasteiger partial charge on any atom is 0.113 e. The van der Waals surface area contributed by atoms with Crippen LogP contribution in [0.25, 0.3) is 76.1 Å². The smallest absolute Gasteiger partial charge is 0.113 e. The summed E-state index contributed by atoms with van der Waals surface area (Å²) in [6, 6.07) is 89.9. The number of benzene rings is 12. The van der Waals surface area contributed by atoms with E-state index in [-0.39, 0.29) is 0 Å². The molecule has 0 aromatic heterocycles. The van der Waals surface area contributed by atoms with E-state index in [1.807, 2.05) is 0 Å². The number of fused-ring (bicyclic) bond motifs is 9. The number of para-hydroxylation sites is 3. The minimum Gasteiger partial charge on any atom is -0.310 e. The van der Waals surface area contributed by atoms with E-state index < -0.39 is 8.07 Å². The molecule has 0 fully saturated rings. The largest absolute Gasteiger partial charge is 0.310 e. The Labute approximate surface area is 392 Å². The van der Waals surface area contributed by atoms with Gasteiger partial charge in [-0.25, -0.2) is 0 Å². The van der Waals surface area contributed by atoms with Gasteiger partial charge in [0.2, 0.25) is 0 Å². The molecule has 0 saturated carbocycles. The average molecular weight is 871 g/mol. The zero-order valence-corrected chi connectivity index (χ0v) is 38.5. The Morgan fingerprint density at radius 1 is 0.284 bits per heavy atom. The molecule has 0 amide bonds. The molecular weight excluding hydrogens is 825 g/mol. The summed E-state index contributed by atoms with van der Waals surface area (Å²) < 4.78 is 0. The van der Waals surface area contributed by atoms with Gasteiger partial charge in [0.15, 0.2) is 0 Å². The molecule has 12 aromatic rings. The highest BCUT2D eigenvalue weighted by Crippen LogP contribution is 2.48. The maximum atomic E-state index is 2.55. The van der Waals surface area contributed by atoms with Crippen molar-refractivity contribution in [3.8, 4) is 22.3 Å². The van der Waals surface area contributed by atoms with E-state index in [1.54, 1.807) is 0 Å². The third-order valence-corrected chi connectivity index (χ3v) is 17.9. The van der Waals surface area contributed by atoms with Crippen molar-refractivity contribution in [2.75, 3.05) is 9.80 Å². The summed E-state index contributed by atoms with van der Waals surface area (Å²) >= 11 is 0. The van der Waals surface area contributed by atoms with Crippen molar-refractivity contribution >= 4 is 106 Å².